The summed E-state index contributed by atoms with van der Waals surface area (Å²) in [5.74, 6) is 0.654. The number of benzene rings is 1. The first-order valence-electron chi connectivity index (χ1n) is 5.89. The van der Waals surface area contributed by atoms with Crippen molar-refractivity contribution in [3.05, 3.63) is 34.3 Å². The van der Waals surface area contributed by atoms with Gasteiger partial charge >= 0.3 is 0 Å². The smallest absolute Gasteiger partial charge is 0.142 e. The highest BCUT2D eigenvalue weighted by Crippen LogP contribution is 2.37. The average Bonchev–Trinajstić information content (AvgIpc) is 2.86. The SMILES string of the molecule is COc1ccc2c(O)cc(-c3nc(C)cs3)nc2c1Cl. The minimum atomic E-state index is 0.127. The third-order valence-corrected chi connectivity index (χ3v) is 4.27. The van der Waals surface area contributed by atoms with Crippen molar-refractivity contribution >= 4 is 33.8 Å². The Labute approximate surface area is 124 Å². The zero-order chi connectivity index (χ0) is 14.3. The summed E-state index contributed by atoms with van der Waals surface area (Å²) in [6, 6.07) is 5.04. The van der Waals surface area contributed by atoms with Gasteiger partial charge in [0.1, 0.15) is 27.2 Å². The minimum Gasteiger partial charge on any atom is -0.507 e. The van der Waals surface area contributed by atoms with Crippen LogP contribution in [0.5, 0.6) is 11.5 Å². The number of aromatic nitrogens is 2. The third-order valence-electron chi connectivity index (χ3n) is 2.92. The van der Waals surface area contributed by atoms with Crippen LogP contribution >= 0.6 is 22.9 Å². The number of hydrogen-bond acceptors (Lipinski definition) is 5. The van der Waals surface area contributed by atoms with Gasteiger partial charge in [-0.1, -0.05) is 11.6 Å². The van der Waals surface area contributed by atoms with E-state index in [0.29, 0.717) is 27.4 Å². The Morgan fingerprint density at radius 2 is 2.10 bits per heavy atom. The number of halogens is 1. The van der Waals surface area contributed by atoms with E-state index < -0.39 is 0 Å². The Morgan fingerprint density at radius 3 is 2.75 bits per heavy atom. The van der Waals surface area contributed by atoms with Gasteiger partial charge in [0, 0.05) is 22.5 Å². The summed E-state index contributed by atoms with van der Waals surface area (Å²) in [5, 5.41) is 13.8. The summed E-state index contributed by atoms with van der Waals surface area (Å²) in [5.41, 5.74) is 2.03. The van der Waals surface area contributed by atoms with Gasteiger partial charge in [-0.05, 0) is 19.1 Å². The highest BCUT2D eigenvalue weighted by atomic mass is 35.5. The Bertz CT molecular complexity index is 801. The van der Waals surface area contributed by atoms with Crippen molar-refractivity contribution in [3.8, 4) is 22.2 Å². The fourth-order valence-electron chi connectivity index (χ4n) is 1.96. The van der Waals surface area contributed by atoms with Crippen molar-refractivity contribution < 1.29 is 9.84 Å². The number of aryl methyl sites for hydroxylation is 1. The number of rotatable bonds is 2. The van der Waals surface area contributed by atoms with Gasteiger partial charge in [-0.25, -0.2) is 9.97 Å². The first kappa shape index (κ1) is 13.1. The van der Waals surface area contributed by atoms with Gasteiger partial charge in [0.2, 0.25) is 0 Å². The molecule has 0 aliphatic heterocycles. The van der Waals surface area contributed by atoms with Gasteiger partial charge < -0.3 is 9.84 Å². The largest absolute Gasteiger partial charge is 0.507 e. The summed E-state index contributed by atoms with van der Waals surface area (Å²) in [6.45, 7) is 1.91. The zero-order valence-electron chi connectivity index (χ0n) is 10.8. The monoisotopic (exact) mass is 306 g/mol. The van der Waals surface area contributed by atoms with E-state index >= 15 is 0 Å². The lowest BCUT2D eigenvalue weighted by Gasteiger charge is -2.08. The van der Waals surface area contributed by atoms with E-state index in [9.17, 15) is 5.11 Å². The second kappa shape index (κ2) is 4.92. The minimum absolute atomic E-state index is 0.127. The quantitative estimate of drug-likeness (QED) is 0.776. The molecule has 3 rings (SSSR count). The zero-order valence-corrected chi connectivity index (χ0v) is 12.4. The molecule has 0 radical (unpaired) electrons. The fraction of sp³-hybridized carbons (Fsp3) is 0.143. The number of aromatic hydroxyl groups is 1. The topological polar surface area (TPSA) is 55.2 Å². The van der Waals surface area contributed by atoms with Crippen LogP contribution in [0.15, 0.2) is 23.6 Å². The van der Waals surface area contributed by atoms with E-state index in [0.717, 1.165) is 10.7 Å². The van der Waals surface area contributed by atoms with Crippen molar-refractivity contribution in [2.45, 2.75) is 6.92 Å². The van der Waals surface area contributed by atoms with Crippen LogP contribution < -0.4 is 4.74 Å². The lowest BCUT2D eigenvalue weighted by atomic mass is 10.1. The van der Waals surface area contributed by atoms with Crippen LogP contribution in [0.1, 0.15) is 5.69 Å². The maximum atomic E-state index is 10.1. The van der Waals surface area contributed by atoms with Crippen molar-refractivity contribution in [3.63, 3.8) is 0 Å². The Morgan fingerprint density at radius 1 is 1.30 bits per heavy atom. The first-order valence-corrected chi connectivity index (χ1v) is 7.14. The first-order chi connectivity index (χ1) is 9.60. The molecule has 6 heteroatoms. The highest BCUT2D eigenvalue weighted by Gasteiger charge is 2.14. The Kier molecular flexibility index (Phi) is 3.23. The van der Waals surface area contributed by atoms with Gasteiger partial charge in [-0.15, -0.1) is 11.3 Å². The summed E-state index contributed by atoms with van der Waals surface area (Å²) >= 11 is 7.74. The van der Waals surface area contributed by atoms with Crippen molar-refractivity contribution in [1.82, 2.24) is 9.97 Å². The number of ether oxygens (including phenoxy) is 1. The number of hydrogen-bond donors (Lipinski definition) is 1. The second-order valence-electron chi connectivity index (χ2n) is 4.30. The standard InChI is InChI=1S/C14H11ClN2O2S/c1-7-6-20-14(16-7)9-5-10(18)8-3-4-11(19-2)12(15)13(8)17-9/h3-6H,1-2H3,(H,17,18). The number of pyridine rings is 1. The summed E-state index contributed by atoms with van der Waals surface area (Å²) < 4.78 is 5.18. The lowest BCUT2D eigenvalue weighted by Crippen LogP contribution is -1.90. The van der Waals surface area contributed by atoms with Crippen molar-refractivity contribution in [2.75, 3.05) is 7.11 Å². The van der Waals surface area contributed by atoms with Crippen LogP contribution in [-0.4, -0.2) is 22.2 Å². The van der Waals surface area contributed by atoms with Crippen molar-refractivity contribution in [1.29, 1.82) is 0 Å². The molecule has 0 spiro atoms. The van der Waals surface area contributed by atoms with Gasteiger partial charge in [0.25, 0.3) is 0 Å². The van der Waals surface area contributed by atoms with E-state index in [4.69, 9.17) is 16.3 Å². The Hall–Kier alpha value is -1.85. The van der Waals surface area contributed by atoms with Crippen LogP contribution in [0.3, 0.4) is 0 Å². The molecule has 0 saturated heterocycles. The molecule has 2 aromatic heterocycles. The van der Waals surface area contributed by atoms with Gasteiger partial charge in [0.15, 0.2) is 0 Å². The predicted octanol–water partition coefficient (Wildman–Crippen LogP) is 4.03. The van der Waals surface area contributed by atoms with E-state index in [1.165, 1.54) is 11.3 Å². The van der Waals surface area contributed by atoms with E-state index in [-0.39, 0.29) is 5.75 Å². The van der Waals surface area contributed by atoms with Crippen LogP contribution in [0.2, 0.25) is 5.02 Å². The molecular weight excluding hydrogens is 296 g/mol. The summed E-state index contributed by atoms with van der Waals surface area (Å²) in [7, 11) is 1.54. The van der Waals surface area contributed by atoms with E-state index in [2.05, 4.69) is 9.97 Å². The van der Waals surface area contributed by atoms with E-state index in [1.807, 2.05) is 12.3 Å². The lowest BCUT2D eigenvalue weighted by molar-refractivity contribution is 0.415. The molecule has 0 saturated carbocycles. The molecule has 0 atom stereocenters. The Balaban J connectivity index is 2.29. The third kappa shape index (κ3) is 2.09. The molecular formula is C14H11ClN2O2S. The molecule has 20 heavy (non-hydrogen) atoms. The van der Waals surface area contributed by atoms with Crippen LogP contribution in [0.4, 0.5) is 0 Å². The van der Waals surface area contributed by atoms with E-state index in [1.54, 1.807) is 25.3 Å². The molecule has 102 valence electrons. The van der Waals surface area contributed by atoms with Crippen LogP contribution in [0, 0.1) is 6.92 Å². The molecule has 0 bridgehead atoms. The van der Waals surface area contributed by atoms with Gasteiger partial charge in [0.05, 0.1) is 12.6 Å². The van der Waals surface area contributed by atoms with Gasteiger partial charge in [-0.2, -0.15) is 0 Å². The molecule has 0 aliphatic rings. The summed E-state index contributed by atoms with van der Waals surface area (Å²) in [6.07, 6.45) is 0. The summed E-state index contributed by atoms with van der Waals surface area (Å²) in [4.78, 5) is 8.88. The number of nitrogens with zero attached hydrogens (tertiary/aromatic N) is 2. The molecule has 0 amide bonds. The number of fused-ring (bicyclic) bond motifs is 1. The normalized spacial score (nSPS) is 10.9. The fourth-order valence-corrected chi connectivity index (χ4v) is 3.00. The molecule has 1 aromatic carbocycles. The average molecular weight is 307 g/mol. The molecule has 0 aliphatic carbocycles. The highest BCUT2D eigenvalue weighted by molar-refractivity contribution is 7.13. The van der Waals surface area contributed by atoms with Crippen LogP contribution in [-0.2, 0) is 0 Å². The maximum Gasteiger partial charge on any atom is 0.142 e. The number of thiazole rings is 1. The molecule has 0 unspecified atom stereocenters. The predicted molar refractivity (Wildman–Crippen MR) is 80.8 cm³/mol. The molecule has 1 N–H and O–H groups in total. The second-order valence-corrected chi connectivity index (χ2v) is 5.53. The maximum absolute atomic E-state index is 10.1. The van der Waals surface area contributed by atoms with Crippen LogP contribution in [0.25, 0.3) is 21.6 Å². The molecule has 2 heterocycles. The van der Waals surface area contributed by atoms with Crippen molar-refractivity contribution in [2.24, 2.45) is 0 Å². The molecule has 0 fully saturated rings. The molecule has 4 nitrogen and oxygen atoms in total. The van der Waals surface area contributed by atoms with Gasteiger partial charge in [-0.3, -0.25) is 0 Å². The number of methoxy groups -OCH3 is 1. The molecule has 3 aromatic rings.